The van der Waals surface area contributed by atoms with Crippen molar-refractivity contribution >= 4 is 17.7 Å². The first-order valence-corrected chi connectivity index (χ1v) is 10.7. The fourth-order valence-electron chi connectivity index (χ4n) is 3.62. The molecule has 0 radical (unpaired) electrons. The van der Waals surface area contributed by atoms with Crippen LogP contribution < -0.4 is 4.74 Å². The molecule has 1 amide bonds. The Morgan fingerprint density at radius 1 is 1.32 bits per heavy atom. The fraction of sp³-hybridized carbons (Fsp3) is 0.476. The van der Waals surface area contributed by atoms with Crippen LogP contribution in [0.4, 0.5) is 0 Å². The number of para-hydroxylation sites is 1. The molecule has 0 bridgehead atoms. The summed E-state index contributed by atoms with van der Waals surface area (Å²) < 4.78 is 7.44. The van der Waals surface area contributed by atoms with E-state index in [4.69, 9.17) is 4.74 Å². The van der Waals surface area contributed by atoms with E-state index in [-0.39, 0.29) is 5.91 Å². The van der Waals surface area contributed by atoms with Gasteiger partial charge in [-0.1, -0.05) is 49.2 Å². The maximum Gasteiger partial charge on any atom is 0.233 e. The van der Waals surface area contributed by atoms with Crippen LogP contribution in [0, 0.1) is 0 Å². The Morgan fingerprint density at radius 2 is 2.07 bits per heavy atom. The zero-order chi connectivity index (χ0) is 19.9. The molecule has 150 valence electrons. The number of amides is 1. The Labute approximate surface area is 171 Å². The van der Waals surface area contributed by atoms with Crippen LogP contribution >= 0.6 is 11.8 Å². The normalized spacial score (nSPS) is 14.6. The summed E-state index contributed by atoms with van der Waals surface area (Å²) in [6.07, 6.45) is 7.73. The van der Waals surface area contributed by atoms with Crippen LogP contribution in [0.1, 0.15) is 32.1 Å². The number of ether oxygens (including phenoxy) is 1. The fourth-order valence-corrected chi connectivity index (χ4v) is 4.49. The molecule has 1 aliphatic rings. The lowest BCUT2D eigenvalue weighted by Crippen LogP contribution is -2.39. The van der Waals surface area contributed by atoms with Crippen LogP contribution in [-0.4, -0.2) is 51.5 Å². The molecule has 1 aromatic heterocycles. The number of hydrogen-bond acceptors (Lipinski definition) is 5. The molecule has 6 nitrogen and oxygen atoms in total. The molecule has 0 N–H and O–H groups in total. The lowest BCUT2D eigenvalue weighted by Gasteiger charge is -2.31. The highest BCUT2D eigenvalue weighted by Crippen LogP contribution is 2.31. The number of aromatic nitrogens is 3. The average molecular weight is 401 g/mol. The summed E-state index contributed by atoms with van der Waals surface area (Å²) in [6.45, 7) is 4.41. The van der Waals surface area contributed by atoms with Gasteiger partial charge < -0.3 is 9.64 Å². The van der Waals surface area contributed by atoms with Crippen molar-refractivity contribution in [2.75, 3.05) is 19.9 Å². The van der Waals surface area contributed by atoms with E-state index >= 15 is 0 Å². The predicted molar refractivity (Wildman–Crippen MR) is 113 cm³/mol. The molecule has 28 heavy (non-hydrogen) atoms. The van der Waals surface area contributed by atoms with Gasteiger partial charge >= 0.3 is 0 Å². The van der Waals surface area contributed by atoms with Crippen molar-refractivity contribution in [1.29, 1.82) is 0 Å². The number of rotatable bonds is 8. The zero-order valence-corrected chi connectivity index (χ0v) is 17.5. The first-order valence-electron chi connectivity index (χ1n) is 9.71. The molecule has 0 aliphatic heterocycles. The van der Waals surface area contributed by atoms with Crippen molar-refractivity contribution in [3.63, 3.8) is 0 Å². The molecule has 3 rings (SSSR count). The van der Waals surface area contributed by atoms with Crippen molar-refractivity contribution in [2.45, 2.75) is 49.8 Å². The summed E-state index contributed by atoms with van der Waals surface area (Å²) in [7, 11) is 3.57. The van der Waals surface area contributed by atoms with E-state index in [0.717, 1.165) is 24.2 Å². The van der Waals surface area contributed by atoms with Gasteiger partial charge in [-0.25, -0.2) is 0 Å². The predicted octanol–water partition coefficient (Wildman–Crippen LogP) is 4.02. The van der Waals surface area contributed by atoms with E-state index in [1.807, 2.05) is 46.9 Å². The minimum absolute atomic E-state index is 0.142. The molecule has 7 heteroatoms. The molecule has 1 saturated carbocycles. The highest BCUT2D eigenvalue weighted by Gasteiger charge is 2.23. The van der Waals surface area contributed by atoms with Gasteiger partial charge in [-0.2, -0.15) is 0 Å². The molecule has 0 spiro atoms. The van der Waals surface area contributed by atoms with Crippen molar-refractivity contribution in [1.82, 2.24) is 19.7 Å². The van der Waals surface area contributed by atoms with Gasteiger partial charge in [0.25, 0.3) is 0 Å². The molecule has 0 unspecified atom stereocenters. The van der Waals surface area contributed by atoms with E-state index in [1.54, 1.807) is 7.11 Å². The van der Waals surface area contributed by atoms with Crippen LogP contribution in [0.3, 0.4) is 0 Å². The lowest BCUT2D eigenvalue weighted by molar-refractivity contribution is -0.129. The third-order valence-corrected chi connectivity index (χ3v) is 6.17. The van der Waals surface area contributed by atoms with Crippen molar-refractivity contribution in [2.24, 2.45) is 0 Å². The van der Waals surface area contributed by atoms with Gasteiger partial charge in [0.2, 0.25) is 5.91 Å². The summed E-state index contributed by atoms with van der Waals surface area (Å²) in [4.78, 5) is 14.6. The van der Waals surface area contributed by atoms with Crippen LogP contribution in [0.5, 0.6) is 5.75 Å². The molecule has 2 aromatic rings. The largest absolute Gasteiger partial charge is 0.496 e. The Kier molecular flexibility index (Phi) is 7.14. The van der Waals surface area contributed by atoms with E-state index in [2.05, 4.69) is 16.8 Å². The number of carbonyl (C=O) groups excluding carboxylic acids is 1. The minimum atomic E-state index is 0.142. The monoisotopic (exact) mass is 400 g/mol. The SMILES string of the molecule is C=CCn1c(SCC(=O)N(C)C2CCCCC2)nnc1-c1ccccc1OC. The third kappa shape index (κ3) is 4.58. The minimum Gasteiger partial charge on any atom is -0.496 e. The van der Waals surface area contributed by atoms with Gasteiger partial charge in [0.05, 0.1) is 18.4 Å². The van der Waals surface area contributed by atoms with E-state index in [1.165, 1.54) is 31.0 Å². The molecule has 1 heterocycles. The smallest absolute Gasteiger partial charge is 0.233 e. The van der Waals surface area contributed by atoms with Crippen molar-refractivity contribution in [3.05, 3.63) is 36.9 Å². The molecule has 1 aliphatic carbocycles. The number of methoxy groups -OCH3 is 1. The summed E-state index contributed by atoms with van der Waals surface area (Å²) >= 11 is 1.43. The van der Waals surface area contributed by atoms with E-state index < -0.39 is 0 Å². The average Bonchev–Trinajstić information content (AvgIpc) is 3.14. The molecule has 0 saturated heterocycles. The molecule has 0 atom stereocenters. The topological polar surface area (TPSA) is 60.2 Å². The first-order chi connectivity index (χ1) is 13.7. The second-order valence-electron chi connectivity index (χ2n) is 6.99. The molecule has 1 aromatic carbocycles. The van der Waals surface area contributed by atoms with E-state index in [9.17, 15) is 4.79 Å². The quantitative estimate of drug-likeness (QED) is 0.495. The maximum absolute atomic E-state index is 12.7. The number of carbonyl (C=O) groups is 1. The summed E-state index contributed by atoms with van der Waals surface area (Å²) in [5.41, 5.74) is 0.872. The second-order valence-corrected chi connectivity index (χ2v) is 7.93. The van der Waals surface area contributed by atoms with Crippen LogP contribution in [0.2, 0.25) is 0 Å². The van der Waals surface area contributed by atoms with Crippen molar-refractivity contribution in [3.8, 4) is 17.1 Å². The molecular weight excluding hydrogens is 372 g/mol. The number of benzene rings is 1. The standard InChI is InChI=1S/C21H28N4O2S/c1-4-14-25-20(17-12-8-9-13-18(17)27-3)22-23-21(25)28-15-19(26)24(2)16-10-6-5-7-11-16/h4,8-9,12-13,16H,1,5-7,10-11,14-15H2,2-3H3. The summed E-state index contributed by atoms with van der Waals surface area (Å²) in [5, 5.41) is 9.41. The highest BCUT2D eigenvalue weighted by molar-refractivity contribution is 7.99. The van der Waals surface area contributed by atoms with Crippen LogP contribution in [0.25, 0.3) is 11.4 Å². The van der Waals surface area contributed by atoms with Gasteiger partial charge in [0.1, 0.15) is 5.75 Å². The van der Waals surface area contributed by atoms with Gasteiger partial charge in [-0.3, -0.25) is 9.36 Å². The van der Waals surface area contributed by atoms with Gasteiger partial charge in [0.15, 0.2) is 11.0 Å². The van der Waals surface area contributed by atoms with Crippen molar-refractivity contribution < 1.29 is 9.53 Å². The maximum atomic E-state index is 12.7. The second kappa shape index (κ2) is 9.78. The lowest BCUT2D eigenvalue weighted by atomic mass is 9.94. The van der Waals surface area contributed by atoms with Gasteiger partial charge in [0, 0.05) is 19.6 Å². The Balaban J connectivity index is 1.74. The van der Waals surface area contributed by atoms with Crippen LogP contribution in [-0.2, 0) is 11.3 Å². The molecular formula is C21H28N4O2S. The molecule has 1 fully saturated rings. The summed E-state index contributed by atoms with van der Waals surface area (Å²) in [6, 6.07) is 8.10. The van der Waals surface area contributed by atoms with Crippen LogP contribution in [0.15, 0.2) is 42.1 Å². The number of thioether (sulfide) groups is 1. The summed E-state index contributed by atoms with van der Waals surface area (Å²) in [5.74, 6) is 1.95. The first kappa shape index (κ1) is 20.5. The number of hydrogen-bond donors (Lipinski definition) is 0. The Morgan fingerprint density at radius 3 is 2.79 bits per heavy atom. The Bertz CT molecular complexity index is 814. The highest BCUT2D eigenvalue weighted by atomic mass is 32.2. The zero-order valence-electron chi connectivity index (χ0n) is 16.6. The third-order valence-electron chi connectivity index (χ3n) is 5.22. The van der Waals surface area contributed by atoms with E-state index in [0.29, 0.717) is 29.3 Å². The van der Waals surface area contributed by atoms with Gasteiger partial charge in [-0.15, -0.1) is 16.8 Å². The number of allylic oxidation sites excluding steroid dienone is 1. The Hall–Kier alpha value is -2.28. The number of nitrogens with zero attached hydrogens (tertiary/aromatic N) is 4. The van der Waals surface area contributed by atoms with Gasteiger partial charge in [-0.05, 0) is 25.0 Å².